The van der Waals surface area contributed by atoms with Crippen molar-refractivity contribution >= 4 is 0 Å². The van der Waals surface area contributed by atoms with Crippen LogP contribution in [0.2, 0.25) is 0 Å². The number of nitrogens with zero attached hydrogens (tertiary/aromatic N) is 4. The van der Waals surface area contributed by atoms with Crippen molar-refractivity contribution in [2.24, 2.45) is 12.8 Å². The van der Waals surface area contributed by atoms with Crippen LogP contribution in [0.15, 0.2) is 12.1 Å². The predicted octanol–water partition coefficient (Wildman–Crippen LogP) is 0.870. The fourth-order valence-corrected chi connectivity index (χ4v) is 1.51. The van der Waals surface area contributed by atoms with Crippen LogP contribution in [0.5, 0.6) is 0 Å². The average Bonchev–Trinajstić information content (AvgIpc) is 2.71. The lowest BCUT2D eigenvalue weighted by Crippen LogP contribution is -2.15. The summed E-state index contributed by atoms with van der Waals surface area (Å²) in [4.78, 5) is 1.24. The highest BCUT2D eigenvalue weighted by Gasteiger charge is 2.16. The molecular formula is C10H10F3N5. The maximum Gasteiger partial charge on any atom is 0.194 e. The Morgan fingerprint density at radius 3 is 2.39 bits per heavy atom. The van der Waals surface area contributed by atoms with Crippen LogP contribution >= 0.6 is 0 Å². The van der Waals surface area contributed by atoms with E-state index in [1.165, 1.54) is 4.80 Å². The van der Waals surface area contributed by atoms with Crippen LogP contribution in [0, 0.1) is 17.5 Å². The van der Waals surface area contributed by atoms with Crippen molar-refractivity contribution in [1.82, 2.24) is 20.2 Å². The van der Waals surface area contributed by atoms with Crippen molar-refractivity contribution in [3.63, 3.8) is 0 Å². The van der Waals surface area contributed by atoms with Gasteiger partial charge in [-0.2, -0.15) is 4.80 Å². The first-order chi connectivity index (χ1) is 8.47. The second kappa shape index (κ2) is 4.73. The normalized spacial score (nSPS) is 12.7. The molecule has 2 N–H and O–H groups in total. The molecule has 2 rings (SSSR count). The molecule has 1 aromatic heterocycles. The molecule has 0 amide bonds. The van der Waals surface area contributed by atoms with Crippen LogP contribution in [-0.2, 0) is 13.5 Å². The molecule has 0 spiro atoms. The van der Waals surface area contributed by atoms with Crippen molar-refractivity contribution in [2.75, 3.05) is 0 Å². The van der Waals surface area contributed by atoms with Crippen molar-refractivity contribution in [3.05, 3.63) is 41.0 Å². The zero-order chi connectivity index (χ0) is 13.3. The molecule has 96 valence electrons. The van der Waals surface area contributed by atoms with Gasteiger partial charge in [0.05, 0.1) is 7.05 Å². The van der Waals surface area contributed by atoms with E-state index in [0.717, 1.165) is 12.1 Å². The largest absolute Gasteiger partial charge is 0.324 e. The third kappa shape index (κ3) is 2.48. The van der Waals surface area contributed by atoms with E-state index in [0.29, 0.717) is 5.82 Å². The van der Waals surface area contributed by atoms with Crippen LogP contribution in [0.1, 0.15) is 17.4 Å². The molecule has 1 atom stereocenters. The Labute approximate surface area is 100 Å². The highest BCUT2D eigenvalue weighted by Crippen LogP contribution is 2.19. The van der Waals surface area contributed by atoms with Gasteiger partial charge in [0.1, 0.15) is 0 Å². The molecule has 0 saturated heterocycles. The van der Waals surface area contributed by atoms with Gasteiger partial charge in [0, 0.05) is 12.5 Å². The molecule has 18 heavy (non-hydrogen) atoms. The monoisotopic (exact) mass is 257 g/mol. The predicted molar refractivity (Wildman–Crippen MR) is 55.7 cm³/mol. The van der Waals surface area contributed by atoms with Gasteiger partial charge in [0.25, 0.3) is 0 Å². The summed E-state index contributed by atoms with van der Waals surface area (Å²) >= 11 is 0. The standard InChI is InChI=1S/C10H10F3N5/c1-18-16-9(15-17-18)4-8(14)5-2-6(11)10(13)7(12)3-5/h2-3,8H,4,14H2,1H3. The van der Waals surface area contributed by atoms with E-state index in [9.17, 15) is 13.2 Å². The zero-order valence-corrected chi connectivity index (χ0v) is 9.44. The topological polar surface area (TPSA) is 69.6 Å². The Bertz CT molecular complexity index is 545. The lowest BCUT2D eigenvalue weighted by molar-refractivity contribution is 0.443. The molecule has 0 bridgehead atoms. The van der Waals surface area contributed by atoms with E-state index < -0.39 is 23.5 Å². The second-order valence-electron chi connectivity index (χ2n) is 3.80. The zero-order valence-electron chi connectivity index (χ0n) is 9.44. The van der Waals surface area contributed by atoms with Crippen molar-refractivity contribution in [2.45, 2.75) is 12.5 Å². The molecule has 0 aliphatic rings. The van der Waals surface area contributed by atoms with Crippen LogP contribution in [0.4, 0.5) is 13.2 Å². The summed E-state index contributed by atoms with van der Waals surface area (Å²) in [7, 11) is 1.58. The Balaban J connectivity index is 2.21. The fourth-order valence-electron chi connectivity index (χ4n) is 1.51. The molecule has 1 aromatic carbocycles. The van der Waals surface area contributed by atoms with E-state index in [2.05, 4.69) is 15.4 Å². The van der Waals surface area contributed by atoms with Gasteiger partial charge in [-0.15, -0.1) is 10.2 Å². The van der Waals surface area contributed by atoms with Crippen LogP contribution in [0.3, 0.4) is 0 Å². The first kappa shape index (κ1) is 12.5. The summed E-state index contributed by atoms with van der Waals surface area (Å²) in [6, 6.07) is 0.984. The summed E-state index contributed by atoms with van der Waals surface area (Å²) < 4.78 is 38.8. The molecular weight excluding hydrogens is 247 g/mol. The van der Waals surface area contributed by atoms with E-state index in [4.69, 9.17) is 5.73 Å². The molecule has 0 saturated carbocycles. The number of aromatic nitrogens is 4. The number of hydrogen-bond donors (Lipinski definition) is 1. The van der Waals surface area contributed by atoms with Gasteiger partial charge >= 0.3 is 0 Å². The number of benzene rings is 1. The van der Waals surface area contributed by atoms with Gasteiger partial charge in [0.2, 0.25) is 0 Å². The number of hydrogen-bond acceptors (Lipinski definition) is 4. The molecule has 1 heterocycles. The molecule has 0 aliphatic heterocycles. The minimum Gasteiger partial charge on any atom is -0.324 e. The van der Waals surface area contributed by atoms with Crippen molar-refractivity contribution in [3.8, 4) is 0 Å². The molecule has 2 aromatic rings. The smallest absolute Gasteiger partial charge is 0.194 e. The molecule has 0 fully saturated rings. The van der Waals surface area contributed by atoms with Gasteiger partial charge < -0.3 is 5.73 Å². The minimum absolute atomic E-state index is 0.138. The van der Waals surface area contributed by atoms with Gasteiger partial charge in [-0.25, -0.2) is 13.2 Å². The van der Waals surface area contributed by atoms with Gasteiger partial charge in [-0.05, 0) is 22.9 Å². The third-order valence-corrected chi connectivity index (χ3v) is 2.39. The van der Waals surface area contributed by atoms with Gasteiger partial charge in [-0.1, -0.05) is 0 Å². The Hall–Kier alpha value is -1.96. The van der Waals surface area contributed by atoms with Crippen LogP contribution in [-0.4, -0.2) is 20.2 Å². The van der Waals surface area contributed by atoms with Crippen LogP contribution < -0.4 is 5.73 Å². The highest BCUT2D eigenvalue weighted by molar-refractivity contribution is 5.23. The summed E-state index contributed by atoms with van der Waals surface area (Å²) in [6.07, 6.45) is 0.151. The number of rotatable bonds is 3. The lowest BCUT2D eigenvalue weighted by Gasteiger charge is -2.10. The number of halogens is 3. The fraction of sp³-hybridized carbons (Fsp3) is 0.300. The molecule has 1 unspecified atom stereocenters. The van der Waals surface area contributed by atoms with Gasteiger partial charge in [-0.3, -0.25) is 0 Å². The summed E-state index contributed by atoms with van der Waals surface area (Å²) in [5, 5.41) is 11.2. The molecule has 8 heteroatoms. The Morgan fingerprint density at radius 2 is 1.89 bits per heavy atom. The quantitative estimate of drug-likeness (QED) is 0.828. The Kier molecular flexibility index (Phi) is 3.28. The minimum atomic E-state index is -1.51. The SMILES string of the molecule is Cn1nnc(CC(N)c2cc(F)c(F)c(F)c2)n1. The maximum absolute atomic E-state index is 13.0. The molecule has 5 nitrogen and oxygen atoms in total. The molecule has 0 radical (unpaired) electrons. The summed E-state index contributed by atoms with van der Waals surface area (Å²) in [6.45, 7) is 0. The van der Waals surface area contributed by atoms with Gasteiger partial charge in [0.15, 0.2) is 23.3 Å². The van der Waals surface area contributed by atoms with Crippen molar-refractivity contribution < 1.29 is 13.2 Å². The van der Waals surface area contributed by atoms with E-state index in [-0.39, 0.29) is 12.0 Å². The first-order valence-electron chi connectivity index (χ1n) is 5.10. The number of tetrazole rings is 1. The van der Waals surface area contributed by atoms with E-state index in [1.807, 2.05) is 0 Å². The summed E-state index contributed by atoms with van der Waals surface area (Å²) in [5.41, 5.74) is 5.89. The van der Waals surface area contributed by atoms with E-state index in [1.54, 1.807) is 7.05 Å². The van der Waals surface area contributed by atoms with E-state index >= 15 is 0 Å². The number of aryl methyl sites for hydroxylation is 1. The first-order valence-corrected chi connectivity index (χ1v) is 5.10. The van der Waals surface area contributed by atoms with Crippen LogP contribution in [0.25, 0.3) is 0 Å². The lowest BCUT2D eigenvalue weighted by atomic mass is 10.0. The summed E-state index contributed by atoms with van der Waals surface area (Å²) in [5.74, 6) is -3.71. The molecule has 0 aliphatic carbocycles. The van der Waals surface area contributed by atoms with Crippen molar-refractivity contribution in [1.29, 1.82) is 0 Å². The maximum atomic E-state index is 13.0. The third-order valence-electron chi connectivity index (χ3n) is 2.39. The number of nitrogens with two attached hydrogens (primary N) is 1. The second-order valence-corrected chi connectivity index (χ2v) is 3.80. The average molecular weight is 257 g/mol. The highest BCUT2D eigenvalue weighted by atomic mass is 19.2. The Morgan fingerprint density at radius 1 is 1.28 bits per heavy atom.